The second kappa shape index (κ2) is 7.56. The number of thioether (sulfide) groups is 1. The van der Waals surface area contributed by atoms with E-state index in [-0.39, 0.29) is 18.2 Å². The zero-order valence-electron chi connectivity index (χ0n) is 13.4. The summed E-state index contributed by atoms with van der Waals surface area (Å²) >= 11 is 12.4. The van der Waals surface area contributed by atoms with Gasteiger partial charge in [0.2, 0.25) is 11.8 Å². The predicted octanol–water partition coefficient (Wildman–Crippen LogP) is 4.41. The number of amides is 2. The van der Waals surface area contributed by atoms with Gasteiger partial charge in [-0.1, -0.05) is 47.7 Å². The van der Waals surface area contributed by atoms with Crippen molar-refractivity contribution in [2.24, 2.45) is 0 Å². The third-order valence-corrected chi connectivity index (χ3v) is 5.44. The molecule has 7 heteroatoms. The van der Waals surface area contributed by atoms with Crippen molar-refractivity contribution >= 4 is 63.1 Å². The standard InChI is InChI=1S/C18H15ClN2O2S2/c1-11-3-2-4-14(9-11)21-17(23)15(25-18(21)24)10-16(22)20-13-7-5-12(19)6-8-13/h2-9,15H,10H2,1H3,(H,20,22). The Balaban J connectivity index is 1.67. The summed E-state index contributed by atoms with van der Waals surface area (Å²) in [4.78, 5) is 26.4. The highest BCUT2D eigenvalue weighted by molar-refractivity contribution is 8.25. The largest absolute Gasteiger partial charge is 0.326 e. The summed E-state index contributed by atoms with van der Waals surface area (Å²) in [6.07, 6.45) is 0.0641. The number of anilines is 2. The minimum Gasteiger partial charge on any atom is -0.326 e. The normalized spacial score (nSPS) is 17.0. The van der Waals surface area contributed by atoms with E-state index in [4.69, 9.17) is 23.8 Å². The molecule has 1 aliphatic rings. The van der Waals surface area contributed by atoms with Crippen LogP contribution in [0.25, 0.3) is 0 Å². The van der Waals surface area contributed by atoms with Crippen LogP contribution in [-0.4, -0.2) is 21.4 Å². The summed E-state index contributed by atoms with van der Waals surface area (Å²) in [7, 11) is 0. The van der Waals surface area contributed by atoms with Gasteiger partial charge in [-0.05, 0) is 48.9 Å². The maximum atomic E-state index is 12.7. The van der Waals surface area contributed by atoms with Crippen LogP contribution in [0.5, 0.6) is 0 Å². The molecule has 128 valence electrons. The summed E-state index contributed by atoms with van der Waals surface area (Å²) in [5.41, 5.74) is 2.42. The molecule has 2 aromatic carbocycles. The first-order valence-electron chi connectivity index (χ1n) is 7.61. The van der Waals surface area contributed by atoms with Gasteiger partial charge in [-0.2, -0.15) is 0 Å². The van der Waals surface area contributed by atoms with Crippen molar-refractivity contribution in [3.05, 3.63) is 59.1 Å². The Morgan fingerprint density at radius 3 is 2.68 bits per heavy atom. The van der Waals surface area contributed by atoms with Crippen LogP contribution in [0.3, 0.4) is 0 Å². The number of halogens is 1. The Bertz CT molecular complexity index is 839. The summed E-state index contributed by atoms with van der Waals surface area (Å²) in [5.74, 6) is -0.395. The zero-order valence-corrected chi connectivity index (χ0v) is 15.8. The number of hydrogen-bond acceptors (Lipinski definition) is 4. The van der Waals surface area contributed by atoms with Crippen LogP contribution < -0.4 is 10.2 Å². The molecular weight excluding hydrogens is 376 g/mol. The van der Waals surface area contributed by atoms with Crippen molar-refractivity contribution in [1.29, 1.82) is 0 Å². The van der Waals surface area contributed by atoms with Gasteiger partial charge in [-0.3, -0.25) is 14.5 Å². The van der Waals surface area contributed by atoms with Crippen molar-refractivity contribution in [3.63, 3.8) is 0 Å². The molecule has 3 rings (SSSR count). The van der Waals surface area contributed by atoms with Crippen molar-refractivity contribution in [3.8, 4) is 0 Å². The lowest BCUT2D eigenvalue weighted by Gasteiger charge is -2.16. The minimum absolute atomic E-state index is 0.0641. The van der Waals surface area contributed by atoms with E-state index in [0.29, 0.717) is 15.0 Å². The molecule has 0 spiro atoms. The first kappa shape index (κ1) is 17.9. The van der Waals surface area contributed by atoms with Crippen molar-refractivity contribution in [2.45, 2.75) is 18.6 Å². The maximum absolute atomic E-state index is 12.7. The Hall–Kier alpha value is -1.89. The van der Waals surface area contributed by atoms with E-state index in [0.717, 1.165) is 11.3 Å². The van der Waals surface area contributed by atoms with E-state index >= 15 is 0 Å². The number of carbonyl (C=O) groups excluding carboxylic acids is 2. The van der Waals surface area contributed by atoms with E-state index in [1.807, 2.05) is 31.2 Å². The van der Waals surface area contributed by atoms with E-state index in [1.54, 1.807) is 24.3 Å². The zero-order chi connectivity index (χ0) is 18.0. The fraction of sp³-hybridized carbons (Fsp3) is 0.167. The summed E-state index contributed by atoms with van der Waals surface area (Å²) in [5, 5.41) is 2.85. The van der Waals surface area contributed by atoms with Crippen LogP contribution in [0.4, 0.5) is 11.4 Å². The molecule has 1 N–H and O–H groups in total. The topological polar surface area (TPSA) is 49.4 Å². The van der Waals surface area contributed by atoms with Gasteiger partial charge in [0.25, 0.3) is 0 Å². The lowest BCUT2D eigenvalue weighted by Crippen LogP contribution is -2.32. The average molecular weight is 391 g/mol. The van der Waals surface area contributed by atoms with E-state index < -0.39 is 5.25 Å². The number of nitrogens with one attached hydrogen (secondary N) is 1. The molecule has 2 amide bonds. The van der Waals surface area contributed by atoms with Gasteiger partial charge in [-0.15, -0.1) is 0 Å². The Morgan fingerprint density at radius 1 is 1.28 bits per heavy atom. The number of carbonyl (C=O) groups is 2. The first-order valence-corrected chi connectivity index (χ1v) is 9.27. The van der Waals surface area contributed by atoms with Crippen LogP contribution in [0.15, 0.2) is 48.5 Å². The van der Waals surface area contributed by atoms with Crippen molar-refractivity contribution in [1.82, 2.24) is 0 Å². The second-order valence-electron chi connectivity index (χ2n) is 5.64. The smallest absolute Gasteiger partial charge is 0.246 e. The molecular formula is C18H15ClN2O2S2. The Labute approximate surface area is 160 Å². The predicted molar refractivity (Wildman–Crippen MR) is 107 cm³/mol. The molecule has 1 aliphatic heterocycles. The molecule has 0 aromatic heterocycles. The highest BCUT2D eigenvalue weighted by Gasteiger charge is 2.39. The third kappa shape index (κ3) is 4.21. The van der Waals surface area contributed by atoms with E-state index in [9.17, 15) is 9.59 Å². The highest BCUT2D eigenvalue weighted by Crippen LogP contribution is 2.34. The summed E-state index contributed by atoms with van der Waals surface area (Å²) in [6, 6.07) is 14.4. The molecule has 1 unspecified atom stereocenters. The van der Waals surface area contributed by atoms with Crippen LogP contribution in [-0.2, 0) is 9.59 Å². The molecule has 1 atom stereocenters. The van der Waals surface area contributed by atoms with Gasteiger partial charge in [0.15, 0.2) is 0 Å². The summed E-state index contributed by atoms with van der Waals surface area (Å²) in [6.45, 7) is 1.96. The molecule has 2 aromatic rings. The SMILES string of the molecule is Cc1cccc(N2C(=O)C(CC(=O)Nc3ccc(Cl)cc3)SC2=S)c1. The Kier molecular flexibility index (Phi) is 5.42. The lowest BCUT2D eigenvalue weighted by atomic mass is 10.2. The minimum atomic E-state index is -0.514. The highest BCUT2D eigenvalue weighted by atomic mass is 35.5. The summed E-state index contributed by atoms with van der Waals surface area (Å²) < 4.78 is 0.472. The number of hydrogen-bond donors (Lipinski definition) is 1. The molecule has 1 saturated heterocycles. The number of thiocarbonyl (C=S) groups is 1. The average Bonchev–Trinajstić information content (AvgIpc) is 2.83. The molecule has 0 bridgehead atoms. The van der Waals surface area contributed by atoms with Gasteiger partial charge in [0.05, 0.1) is 5.69 Å². The van der Waals surface area contributed by atoms with Gasteiger partial charge in [-0.25, -0.2) is 0 Å². The van der Waals surface area contributed by atoms with Crippen LogP contribution >= 0.6 is 35.6 Å². The monoisotopic (exact) mass is 390 g/mol. The van der Waals surface area contributed by atoms with Gasteiger partial charge >= 0.3 is 0 Å². The third-order valence-electron chi connectivity index (χ3n) is 3.68. The van der Waals surface area contributed by atoms with E-state index in [1.165, 1.54) is 16.7 Å². The Morgan fingerprint density at radius 2 is 2.00 bits per heavy atom. The first-order chi connectivity index (χ1) is 11.9. The number of nitrogens with zero attached hydrogens (tertiary/aromatic N) is 1. The van der Waals surface area contributed by atoms with E-state index in [2.05, 4.69) is 5.32 Å². The number of rotatable bonds is 4. The fourth-order valence-corrected chi connectivity index (χ4v) is 4.16. The molecule has 25 heavy (non-hydrogen) atoms. The van der Waals surface area contributed by atoms with Crippen LogP contribution in [0, 0.1) is 6.92 Å². The van der Waals surface area contributed by atoms with Crippen molar-refractivity contribution in [2.75, 3.05) is 10.2 Å². The lowest BCUT2D eigenvalue weighted by molar-refractivity contribution is -0.121. The second-order valence-corrected chi connectivity index (χ2v) is 7.92. The quantitative estimate of drug-likeness (QED) is 0.785. The number of aryl methyl sites for hydroxylation is 1. The molecule has 4 nitrogen and oxygen atoms in total. The molecule has 0 radical (unpaired) electrons. The number of benzene rings is 2. The van der Waals surface area contributed by atoms with Gasteiger partial charge < -0.3 is 5.32 Å². The van der Waals surface area contributed by atoms with Crippen LogP contribution in [0.1, 0.15) is 12.0 Å². The molecule has 0 saturated carbocycles. The van der Waals surface area contributed by atoms with Crippen molar-refractivity contribution < 1.29 is 9.59 Å². The molecule has 1 fully saturated rings. The van der Waals surface area contributed by atoms with Crippen LogP contribution in [0.2, 0.25) is 5.02 Å². The van der Waals surface area contributed by atoms with Gasteiger partial charge in [0, 0.05) is 17.1 Å². The maximum Gasteiger partial charge on any atom is 0.246 e. The molecule has 0 aliphatic carbocycles. The van der Waals surface area contributed by atoms with Gasteiger partial charge in [0.1, 0.15) is 9.57 Å². The fourth-order valence-electron chi connectivity index (χ4n) is 2.50. The molecule has 1 heterocycles.